The molecule has 0 spiro atoms. The van der Waals surface area contributed by atoms with Crippen LogP contribution in [0.2, 0.25) is 0 Å². The minimum absolute atomic E-state index is 0.0795. The summed E-state index contributed by atoms with van der Waals surface area (Å²) in [5, 5.41) is 15.0. The predicted octanol–water partition coefficient (Wildman–Crippen LogP) is 0.132. The molecule has 100 valence electrons. The molecule has 0 radical (unpaired) electrons. The largest absolute Gasteiger partial charge is 0.480 e. The van der Waals surface area contributed by atoms with Gasteiger partial charge in [0.25, 0.3) is 5.91 Å². The van der Waals surface area contributed by atoms with Crippen LogP contribution in [0.5, 0.6) is 0 Å². The molecule has 3 N–H and O–H groups in total. The lowest BCUT2D eigenvalue weighted by Crippen LogP contribution is -2.42. The first-order valence-electron chi connectivity index (χ1n) is 5.50. The van der Waals surface area contributed by atoms with Crippen molar-refractivity contribution in [3.63, 3.8) is 0 Å². The minimum atomic E-state index is -1.14. The molecule has 2 aromatic rings. The molecule has 1 atom stereocenters. The van der Waals surface area contributed by atoms with E-state index in [1.54, 1.807) is 6.92 Å². The Labute approximate surface area is 107 Å². The fraction of sp³-hybridized carbons (Fsp3) is 0.273. The van der Waals surface area contributed by atoms with E-state index in [1.807, 2.05) is 0 Å². The Bertz CT molecular complexity index is 575. The number of nitrogens with one attached hydrogen (secondary N) is 2. The maximum Gasteiger partial charge on any atom is 0.326 e. The fourth-order valence-corrected chi connectivity index (χ4v) is 1.55. The van der Waals surface area contributed by atoms with Gasteiger partial charge in [-0.05, 0) is 6.92 Å². The summed E-state index contributed by atoms with van der Waals surface area (Å²) in [7, 11) is 0. The van der Waals surface area contributed by atoms with Crippen LogP contribution in [-0.4, -0.2) is 38.1 Å². The van der Waals surface area contributed by atoms with Crippen LogP contribution in [-0.2, 0) is 11.2 Å². The highest BCUT2D eigenvalue weighted by Gasteiger charge is 2.23. The van der Waals surface area contributed by atoms with Crippen LogP contribution in [0.4, 0.5) is 0 Å². The molecule has 0 aliphatic carbocycles. The number of imidazole rings is 1. The quantitative estimate of drug-likeness (QED) is 0.705. The van der Waals surface area contributed by atoms with E-state index >= 15 is 0 Å². The lowest BCUT2D eigenvalue weighted by Gasteiger charge is -2.12. The lowest BCUT2D eigenvalue weighted by molar-refractivity contribution is -0.139. The van der Waals surface area contributed by atoms with E-state index in [0.29, 0.717) is 11.3 Å². The molecule has 0 saturated carbocycles. The number of carbonyl (C=O) groups excluding carboxylic acids is 1. The Morgan fingerprint density at radius 1 is 1.58 bits per heavy atom. The summed E-state index contributed by atoms with van der Waals surface area (Å²) in [4.78, 5) is 29.5. The number of carbonyl (C=O) groups is 2. The second-order valence-corrected chi connectivity index (χ2v) is 3.99. The minimum Gasteiger partial charge on any atom is -0.480 e. The molecule has 0 aromatic carbocycles. The van der Waals surface area contributed by atoms with E-state index in [-0.39, 0.29) is 12.1 Å². The van der Waals surface area contributed by atoms with Gasteiger partial charge in [0.2, 0.25) is 0 Å². The molecular formula is C11H12N4O4. The molecule has 8 nitrogen and oxygen atoms in total. The van der Waals surface area contributed by atoms with Crippen molar-refractivity contribution in [1.82, 2.24) is 20.4 Å². The van der Waals surface area contributed by atoms with Gasteiger partial charge >= 0.3 is 5.97 Å². The van der Waals surface area contributed by atoms with Crippen molar-refractivity contribution in [2.75, 3.05) is 0 Å². The Morgan fingerprint density at radius 2 is 2.37 bits per heavy atom. The van der Waals surface area contributed by atoms with Crippen molar-refractivity contribution >= 4 is 11.9 Å². The first-order valence-corrected chi connectivity index (χ1v) is 5.50. The second-order valence-electron chi connectivity index (χ2n) is 3.99. The molecule has 0 aliphatic rings. The third-order valence-corrected chi connectivity index (χ3v) is 2.54. The van der Waals surface area contributed by atoms with Crippen LogP contribution in [0.15, 0.2) is 23.3 Å². The van der Waals surface area contributed by atoms with E-state index in [0.717, 1.165) is 0 Å². The number of hydrogen-bond donors (Lipinski definition) is 3. The fourth-order valence-electron chi connectivity index (χ4n) is 1.55. The van der Waals surface area contributed by atoms with Gasteiger partial charge in [0, 0.05) is 23.9 Å². The van der Waals surface area contributed by atoms with E-state index in [4.69, 9.17) is 5.11 Å². The van der Waals surface area contributed by atoms with Gasteiger partial charge in [-0.25, -0.2) is 9.78 Å². The molecule has 19 heavy (non-hydrogen) atoms. The molecule has 0 bridgehead atoms. The molecule has 0 fully saturated rings. The van der Waals surface area contributed by atoms with Gasteiger partial charge in [-0.1, -0.05) is 5.16 Å². The summed E-state index contributed by atoms with van der Waals surface area (Å²) in [6, 6.07) is -1.07. The summed E-state index contributed by atoms with van der Waals surface area (Å²) in [6.07, 6.45) is 4.37. The summed E-state index contributed by atoms with van der Waals surface area (Å²) < 4.78 is 4.64. The Hall–Kier alpha value is -2.64. The standard InChI is InChI=1S/C11H12N4O4/c1-6-4-19-15-9(6)10(16)14-8(11(17)18)2-7-3-12-5-13-7/h3-5,8H,2H2,1H3,(H,12,13)(H,14,16)(H,17,18)/t8-/m0/s1. The zero-order valence-electron chi connectivity index (χ0n) is 10.1. The van der Waals surface area contributed by atoms with E-state index in [1.165, 1.54) is 18.8 Å². The Kier molecular flexibility index (Phi) is 3.60. The summed E-state index contributed by atoms with van der Waals surface area (Å²) >= 11 is 0. The number of aromatic amines is 1. The van der Waals surface area contributed by atoms with Gasteiger partial charge in [-0.2, -0.15) is 0 Å². The summed E-state index contributed by atoms with van der Waals surface area (Å²) in [5.74, 6) is -1.72. The monoisotopic (exact) mass is 264 g/mol. The Balaban J connectivity index is 2.07. The number of rotatable bonds is 5. The third kappa shape index (κ3) is 2.97. The molecule has 2 aromatic heterocycles. The third-order valence-electron chi connectivity index (χ3n) is 2.54. The van der Waals surface area contributed by atoms with Gasteiger partial charge in [-0.15, -0.1) is 0 Å². The van der Waals surface area contributed by atoms with E-state index < -0.39 is 17.9 Å². The van der Waals surface area contributed by atoms with Crippen molar-refractivity contribution < 1.29 is 19.2 Å². The molecule has 0 saturated heterocycles. The highest BCUT2D eigenvalue weighted by molar-refractivity contribution is 5.95. The zero-order chi connectivity index (χ0) is 13.8. The number of hydrogen-bond acceptors (Lipinski definition) is 5. The number of H-pyrrole nitrogens is 1. The number of aromatic nitrogens is 3. The second kappa shape index (κ2) is 5.34. The molecule has 0 aliphatic heterocycles. The zero-order valence-corrected chi connectivity index (χ0v) is 10.1. The van der Waals surface area contributed by atoms with Crippen molar-refractivity contribution in [2.45, 2.75) is 19.4 Å². The van der Waals surface area contributed by atoms with E-state index in [9.17, 15) is 9.59 Å². The van der Waals surface area contributed by atoms with Crippen LogP contribution in [0.1, 0.15) is 21.7 Å². The summed E-state index contributed by atoms with van der Waals surface area (Å²) in [5.41, 5.74) is 1.24. The molecule has 8 heteroatoms. The number of carboxylic acid groups (broad SMARTS) is 1. The van der Waals surface area contributed by atoms with Gasteiger partial charge in [0.15, 0.2) is 5.69 Å². The molecular weight excluding hydrogens is 252 g/mol. The maximum atomic E-state index is 11.8. The highest BCUT2D eigenvalue weighted by Crippen LogP contribution is 2.06. The molecule has 0 unspecified atom stereocenters. The number of aryl methyl sites for hydroxylation is 1. The van der Waals surface area contributed by atoms with Crippen LogP contribution in [0, 0.1) is 6.92 Å². The van der Waals surface area contributed by atoms with Crippen molar-refractivity contribution in [2.24, 2.45) is 0 Å². The summed E-state index contributed by atoms with van der Waals surface area (Å²) in [6.45, 7) is 1.65. The lowest BCUT2D eigenvalue weighted by atomic mass is 10.1. The van der Waals surface area contributed by atoms with Gasteiger partial charge in [0.1, 0.15) is 12.3 Å². The molecule has 2 heterocycles. The van der Waals surface area contributed by atoms with Crippen molar-refractivity contribution in [1.29, 1.82) is 0 Å². The van der Waals surface area contributed by atoms with Crippen LogP contribution in [0.3, 0.4) is 0 Å². The van der Waals surface area contributed by atoms with Crippen molar-refractivity contribution in [3.05, 3.63) is 35.7 Å². The number of aliphatic carboxylic acids is 1. The van der Waals surface area contributed by atoms with Crippen LogP contribution >= 0.6 is 0 Å². The first-order chi connectivity index (χ1) is 9.08. The molecule has 2 rings (SSSR count). The molecule has 1 amide bonds. The first kappa shape index (κ1) is 12.8. The average Bonchev–Trinajstić information content (AvgIpc) is 2.99. The number of nitrogens with zero attached hydrogens (tertiary/aromatic N) is 2. The average molecular weight is 264 g/mol. The van der Waals surface area contributed by atoms with Crippen LogP contribution in [0.25, 0.3) is 0 Å². The van der Waals surface area contributed by atoms with Crippen molar-refractivity contribution in [3.8, 4) is 0 Å². The van der Waals surface area contributed by atoms with Gasteiger partial charge in [0.05, 0.1) is 6.33 Å². The topological polar surface area (TPSA) is 121 Å². The number of carboxylic acids is 1. The maximum absolute atomic E-state index is 11.8. The van der Waals surface area contributed by atoms with Gasteiger partial charge in [-0.3, -0.25) is 4.79 Å². The normalized spacial score (nSPS) is 12.1. The highest BCUT2D eigenvalue weighted by atomic mass is 16.5. The SMILES string of the molecule is Cc1conc1C(=O)N[C@@H](Cc1cnc[nH]1)C(=O)O. The predicted molar refractivity (Wildman–Crippen MR) is 62.4 cm³/mol. The smallest absolute Gasteiger partial charge is 0.326 e. The van der Waals surface area contributed by atoms with E-state index in [2.05, 4.69) is 25.0 Å². The van der Waals surface area contributed by atoms with Crippen LogP contribution < -0.4 is 5.32 Å². The van der Waals surface area contributed by atoms with Gasteiger partial charge < -0.3 is 19.9 Å². The number of amides is 1. The Morgan fingerprint density at radius 3 is 2.89 bits per heavy atom.